The van der Waals surface area contributed by atoms with Gasteiger partial charge in [-0.15, -0.1) is 24.0 Å². The lowest BCUT2D eigenvalue weighted by atomic mass is 10.1. The zero-order chi connectivity index (χ0) is 17.9. The molecule has 0 radical (unpaired) electrons. The predicted octanol–water partition coefficient (Wildman–Crippen LogP) is 2.59. The first-order chi connectivity index (χ1) is 11.5. The van der Waals surface area contributed by atoms with Gasteiger partial charge in [-0.1, -0.05) is 12.1 Å². The molecule has 1 rings (SSSR count). The molecule has 0 saturated carbocycles. The lowest BCUT2D eigenvalue weighted by Crippen LogP contribution is -2.40. The van der Waals surface area contributed by atoms with Crippen LogP contribution >= 0.6 is 24.0 Å². The van der Waals surface area contributed by atoms with Crippen LogP contribution in [0.4, 0.5) is 0 Å². The van der Waals surface area contributed by atoms with E-state index in [1.165, 1.54) is 0 Å². The maximum Gasteiger partial charge on any atom is 0.221 e. The lowest BCUT2D eigenvalue weighted by molar-refractivity contribution is -0.121. The standard InChI is InChI=1S/C18H30N4O2.HI/c1-6-19-18(20-10-9-17(23)22-13(2)3)21-12-15-8-7-14(4)11-16(15)24-5;/h7-8,11,13H,6,9-10,12H2,1-5H3,(H,22,23)(H2,19,20,21);1H. The van der Waals surface area contributed by atoms with E-state index in [4.69, 9.17) is 4.74 Å². The maximum atomic E-state index is 11.7. The summed E-state index contributed by atoms with van der Waals surface area (Å²) in [7, 11) is 1.67. The summed E-state index contributed by atoms with van der Waals surface area (Å²) < 4.78 is 5.40. The Morgan fingerprint density at radius 3 is 2.60 bits per heavy atom. The minimum absolute atomic E-state index is 0. The molecule has 25 heavy (non-hydrogen) atoms. The van der Waals surface area contributed by atoms with Crippen molar-refractivity contribution in [2.24, 2.45) is 4.99 Å². The first-order valence-corrected chi connectivity index (χ1v) is 8.41. The number of rotatable bonds is 8. The van der Waals surface area contributed by atoms with Crippen LogP contribution in [0.25, 0.3) is 0 Å². The number of methoxy groups -OCH3 is 1. The predicted molar refractivity (Wildman–Crippen MR) is 114 cm³/mol. The summed E-state index contributed by atoms with van der Waals surface area (Å²) in [6.07, 6.45) is 0.413. The van der Waals surface area contributed by atoms with Gasteiger partial charge in [-0.2, -0.15) is 0 Å². The molecule has 0 unspecified atom stereocenters. The van der Waals surface area contributed by atoms with Crippen LogP contribution in [-0.4, -0.2) is 38.1 Å². The number of amides is 1. The summed E-state index contributed by atoms with van der Waals surface area (Å²) >= 11 is 0. The Kier molecular flexibility index (Phi) is 12.0. The van der Waals surface area contributed by atoms with Crippen molar-refractivity contribution in [1.82, 2.24) is 16.0 Å². The molecule has 6 nitrogen and oxygen atoms in total. The molecule has 0 bridgehead atoms. The molecule has 0 heterocycles. The molecular weight excluding hydrogens is 431 g/mol. The number of carbonyl (C=O) groups is 1. The van der Waals surface area contributed by atoms with Crippen LogP contribution < -0.4 is 20.7 Å². The number of aryl methyl sites for hydroxylation is 1. The number of nitrogens with one attached hydrogen (secondary N) is 3. The third-order valence-electron chi connectivity index (χ3n) is 3.29. The number of aliphatic imine (C=N–C) groups is 1. The van der Waals surface area contributed by atoms with Gasteiger partial charge in [0.05, 0.1) is 13.7 Å². The molecule has 1 aromatic carbocycles. The molecule has 1 amide bonds. The largest absolute Gasteiger partial charge is 0.496 e. The van der Waals surface area contributed by atoms with E-state index < -0.39 is 0 Å². The van der Waals surface area contributed by atoms with Crippen LogP contribution in [0.5, 0.6) is 5.75 Å². The summed E-state index contributed by atoms with van der Waals surface area (Å²) in [5.74, 6) is 1.57. The Labute approximate surface area is 168 Å². The summed E-state index contributed by atoms with van der Waals surface area (Å²) in [5, 5.41) is 9.23. The molecule has 1 aromatic rings. The van der Waals surface area contributed by atoms with Crippen molar-refractivity contribution in [3.8, 4) is 5.75 Å². The highest BCUT2D eigenvalue weighted by atomic mass is 127. The Morgan fingerprint density at radius 1 is 1.28 bits per heavy atom. The van der Waals surface area contributed by atoms with Crippen LogP contribution in [0.15, 0.2) is 23.2 Å². The van der Waals surface area contributed by atoms with Gasteiger partial charge in [-0.05, 0) is 39.3 Å². The van der Waals surface area contributed by atoms with Gasteiger partial charge >= 0.3 is 0 Å². The topological polar surface area (TPSA) is 74.8 Å². The molecule has 0 aromatic heterocycles. The molecule has 0 aliphatic rings. The molecule has 3 N–H and O–H groups in total. The lowest BCUT2D eigenvalue weighted by Gasteiger charge is -2.13. The molecule has 0 aliphatic heterocycles. The van der Waals surface area contributed by atoms with Crippen molar-refractivity contribution >= 4 is 35.8 Å². The highest BCUT2D eigenvalue weighted by Crippen LogP contribution is 2.20. The number of halogens is 1. The fourth-order valence-electron chi connectivity index (χ4n) is 2.18. The number of ether oxygens (including phenoxy) is 1. The van der Waals surface area contributed by atoms with Crippen molar-refractivity contribution in [1.29, 1.82) is 0 Å². The van der Waals surface area contributed by atoms with Gasteiger partial charge in [-0.25, -0.2) is 4.99 Å². The molecule has 0 saturated heterocycles. The van der Waals surface area contributed by atoms with Gasteiger partial charge in [0, 0.05) is 31.1 Å². The molecule has 0 aliphatic carbocycles. The Hall–Kier alpha value is -1.51. The van der Waals surface area contributed by atoms with Gasteiger partial charge < -0.3 is 20.7 Å². The van der Waals surface area contributed by atoms with Crippen LogP contribution in [0.1, 0.15) is 38.3 Å². The smallest absolute Gasteiger partial charge is 0.221 e. The minimum atomic E-state index is 0. The van der Waals surface area contributed by atoms with Gasteiger partial charge in [-0.3, -0.25) is 4.79 Å². The summed E-state index contributed by atoms with van der Waals surface area (Å²) in [4.78, 5) is 16.2. The summed E-state index contributed by atoms with van der Waals surface area (Å²) in [6.45, 7) is 9.75. The number of hydrogen-bond donors (Lipinski definition) is 3. The van der Waals surface area contributed by atoms with Crippen molar-refractivity contribution < 1.29 is 9.53 Å². The number of guanidine groups is 1. The quantitative estimate of drug-likeness (QED) is 0.316. The summed E-state index contributed by atoms with van der Waals surface area (Å²) in [5.41, 5.74) is 2.18. The fourth-order valence-corrected chi connectivity index (χ4v) is 2.18. The number of nitrogens with zero attached hydrogens (tertiary/aromatic N) is 1. The normalized spacial score (nSPS) is 10.9. The third-order valence-corrected chi connectivity index (χ3v) is 3.29. The van der Waals surface area contributed by atoms with Crippen molar-refractivity contribution in [3.05, 3.63) is 29.3 Å². The first-order valence-electron chi connectivity index (χ1n) is 8.41. The highest BCUT2D eigenvalue weighted by Gasteiger charge is 2.05. The monoisotopic (exact) mass is 462 g/mol. The van der Waals surface area contributed by atoms with Gasteiger partial charge in [0.25, 0.3) is 0 Å². The molecule has 0 fully saturated rings. The molecular formula is C18H31IN4O2. The molecule has 0 spiro atoms. The third kappa shape index (κ3) is 9.52. The number of carbonyl (C=O) groups excluding carboxylic acids is 1. The van der Waals surface area contributed by atoms with Crippen LogP contribution in [0, 0.1) is 6.92 Å². The van der Waals surface area contributed by atoms with E-state index in [1.54, 1.807) is 7.11 Å². The fraction of sp³-hybridized carbons (Fsp3) is 0.556. The van der Waals surface area contributed by atoms with Crippen molar-refractivity contribution in [2.75, 3.05) is 20.2 Å². The van der Waals surface area contributed by atoms with Gasteiger partial charge in [0.1, 0.15) is 5.75 Å². The number of benzene rings is 1. The van der Waals surface area contributed by atoms with E-state index in [-0.39, 0.29) is 35.9 Å². The highest BCUT2D eigenvalue weighted by molar-refractivity contribution is 14.0. The Bertz CT molecular complexity index is 562. The van der Waals surface area contributed by atoms with Crippen LogP contribution in [0.2, 0.25) is 0 Å². The second-order valence-electron chi connectivity index (χ2n) is 5.91. The minimum Gasteiger partial charge on any atom is -0.496 e. The first kappa shape index (κ1) is 23.5. The zero-order valence-corrected chi connectivity index (χ0v) is 18.1. The van der Waals surface area contributed by atoms with E-state index in [9.17, 15) is 4.79 Å². The molecule has 0 atom stereocenters. The molecule has 142 valence electrons. The van der Waals surface area contributed by atoms with Crippen molar-refractivity contribution in [3.63, 3.8) is 0 Å². The summed E-state index contributed by atoms with van der Waals surface area (Å²) in [6, 6.07) is 6.23. The Morgan fingerprint density at radius 2 is 2.00 bits per heavy atom. The van der Waals surface area contributed by atoms with Crippen LogP contribution in [-0.2, 0) is 11.3 Å². The van der Waals surface area contributed by atoms with Crippen molar-refractivity contribution in [2.45, 2.75) is 46.7 Å². The maximum absolute atomic E-state index is 11.7. The average Bonchev–Trinajstić information content (AvgIpc) is 2.52. The van der Waals surface area contributed by atoms with E-state index in [0.29, 0.717) is 25.5 Å². The SMILES string of the molecule is CCNC(=NCc1ccc(C)cc1OC)NCCC(=O)NC(C)C.I. The number of hydrogen-bond acceptors (Lipinski definition) is 3. The Balaban J connectivity index is 0.00000576. The van der Waals surface area contributed by atoms with E-state index >= 15 is 0 Å². The molecule has 7 heteroatoms. The van der Waals surface area contributed by atoms with Crippen LogP contribution in [0.3, 0.4) is 0 Å². The zero-order valence-electron chi connectivity index (χ0n) is 15.8. The van der Waals surface area contributed by atoms with Gasteiger partial charge in [0.15, 0.2) is 5.96 Å². The second kappa shape index (κ2) is 12.8. The van der Waals surface area contributed by atoms with E-state index in [2.05, 4.69) is 20.9 Å². The second-order valence-corrected chi connectivity index (χ2v) is 5.91. The van der Waals surface area contributed by atoms with Gasteiger partial charge in [0.2, 0.25) is 5.91 Å². The van der Waals surface area contributed by atoms with E-state index in [0.717, 1.165) is 23.4 Å². The van der Waals surface area contributed by atoms with E-state index in [1.807, 2.05) is 45.9 Å². The average molecular weight is 462 g/mol.